The van der Waals surface area contributed by atoms with Gasteiger partial charge in [-0.25, -0.2) is 0 Å². The van der Waals surface area contributed by atoms with Gasteiger partial charge in [-0.1, -0.05) is 0 Å². The van der Waals surface area contributed by atoms with Gasteiger partial charge in [-0.05, 0) is 26.7 Å². The lowest BCUT2D eigenvalue weighted by molar-refractivity contribution is 0.0457. The van der Waals surface area contributed by atoms with E-state index in [0.717, 1.165) is 39.1 Å². The highest BCUT2D eigenvalue weighted by molar-refractivity contribution is 5.38. The zero-order chi connectivity index (χ0) is 14.4. The Morgan fingerprint density at radius 2 is 1.95 bits per heavy atom. The number of nitrogens with one attached hydrogen (secondary N) is 1. The first-order valence-electron chi connectivity index (χ1n) is 7.17. The summed E-state index contributed by atoms with van der Waals surface area (Å²) in [4.78, 5) is 15.1. The molecule has 0 bridgehead atoms. The average molecular weight is 281 g/mol. The number of aromatic nitrogens is 3. The molecule has 1 aliphatic rings. The maximum atomic E-state index is 5.66. The highest BCUT2D eigenvalue weighted by Crippen LogP contribution is 2.20. The lowest BCUT2D eigenvalue weighted by Gasteiger charge is -2.31. The zero-order valence-corrected chi connectivity index (χ0v) is 12.4. The van der Waals surface area contributed by atoms with E-state index >= 15 is 0 Å². The molecule has 1 fully saturated rings. The molecular formula is C13H23N5O2. The van der Waals surface area contributed by atoms with Gasteiger partial charge in [0, 0.05) is 26.2 Å². The minimum absolute atomic E-state index is 0.345. The fourth-order valence-electron chi connectivity index (χ4n) is 2.27. The summed E-state index contributed by atoms with van der Waals surface area (Å²) in [7, 11) is 1.57. The van der Waals surface area contributed by atoms with E-state index in [1.54, 1.807) is 7.11 Å². The van der Waals surface area contributed by atoms with Gasteiger partial charge in [-0.2, -0.15) is 15.0 Å². The molecule has 0 spiro atoms. The fraction of sp³-hybridized carbons (Fsp3) is 0.769. The van der Waals surface area contributed by atoms with Crippen LogP contribution in [-0.4, -0.2) is 54.4 Å². The first-order chi connectivity index (χ1) is 9.76. The van der Waals surface area contributed by atoms with Crippen molar-refractivity contribution in [3.63, 3.8) is 0 Å². The lowest BCUT2D eigenvalue weighted by atomic mass is 10.1. The highest BCUT2D eigenvalue weighted by atomic mass is 16.5. The molecule has 0 aromatic carbocycles. The summed E-state index contributed by atoms with van der Waals surface area (Å²) in [6.07, 6.45) is 2.35. The molecule has 0 radical (unpaired) electrons. The number of anilines is 2. The Morgan fingerprint density at radius 1 is 1.20 bits per heavy atom. The van der Waals surface area contributed by atoms with Crippen LogP contribution in [0, 0.1) is 0 Å². The van der Waals surface area contributed by atoms with Crippen molar-refractivity contribution in [1.29, 1.82) is 0 Å². The third-order valence-electron chi connectivity index (χ3n) is 3.25. The predicted molar refractivity (Wildman–Crippen MR) is 77.4 cm³/mol. The van der Waals surface area contributed by atoms with Crippen LogP contribution in [0.4, 0.5) is 11.9 Å². The van der Waals surface area contributed by atoms with E-state index in [0.29, 0.717) is 24.0 Å². The van der Waals surface area contributed by atoms with Crippen molar-refractivity contribution in [2.24, 2.45) is 0 Å². The molecule has 1 aromatic rings. The molecule has 1 aromatic heterocycles. The van der Waals surface area contributed by atoms with Gasteiger partial charge in [0.05, 0.1) is 13.2 Å². The van der Waals surface area contributed by atoms with Crippen molar-refractivity contribution in [2.75, 3.05) is 43.6 Å². The number of hydrogen-bond donors (Lipinski definition) is 1. The largest absolute Gasteiger partial charge is 0.467 e. The monoisotopic (exact) mass is 281 g/mol. The Labute approximate surface area is 119 Å². The van der Waals surface area contributed by atoms with Crippen molar-refractivity contribution in [3.8, 4) is 6.01 Å². The van der Waals surface area contributed by atoms with Crippen molar-refractivity contribution in [1.82, 2.24) is 15.0 Å². The zero-order valence-electron chi connectivity index (χ0n) is 12.4. The second-order valence-corrected chi connectivity index (χ2v) is 4.62. The third kappa shape index (κ3) is 3.69. The van der Waals surface area contributed by atoms with Gasteiger partial charge in [0.25, 0.3) is 0 Å². The van der Waals surface area contributed by atoms with Crippen molar-refractivity contribution in [2.45, 2.75) is 32.8 Å². The Balaban J connectivity index is 2.06. The van der Waals surface area contributed by atoms with Crippen LogP contribution >= 0.6 is 0 Å². The van der Waals surface area contributed by atoms with Crippen molar-refractivity contribution >= 4 is 11.9 Å². The molecule has 7 nitrogen and oxygen atoms in total. The molecular weight excluding hydrogens is 258 g/mol. The van der Waals surface area contributed by atoms with Crippen LogP contribution in [0.15, 0.2) is 0 Å². The SMILES string of the molecule is CCNc1nc(OC)nc(N2CCC(OCC)CC2)n1. The molecule has 20 heavy (non-hydrogen) atoms. The number of ether oxygens (including phenoxy) is 2. The van der Waals surface area contributed by atoms with Crippen LogP contribution in [-0.2, 0) is 4.74 Å². The molecule has 1 N–H and O–H groups in total. The van der Waals surface area contributed by atoms with Crippen LogP contribution in [0.1, 0.15) is 26.7 Å². The van der Waals surface area contributed by atoms with Gasteiger partial charge in [0.15, 0.2) is 0 Å². The van der Waals surface area contributed by atoms with E-state index in [1.807, 2.05) is 13.8 Å². The van der Waals surface area contributed by atoms with Gasteiger partial charge in [-0.3, -0.25) is 0 Å². The van der Waals surface area contributed by atoms with E-state index < -0.39 is 0 Å². The van der Waals surface area contributed by atoms with Crippen LogP contribution in [0.3, 0.4) is 0 Å². The van der Waals surface area contributed by atoms with E-state index in [-0.39, 0.29) is 0 Å². The molecule has 0 aliphatic carbocycles. The predicted octanol–water partition coefficient (Wildman–Crippen LogP) is 1.32. The minimum atomic E-state index is 0.345. The summed E-state index contributed by atoms with van der Waals surface area (Å²) in [5.41, 5.74) is 0. The lowest BCUT2D eigenvalue weighted by Crippen LogP contribution is -2.38. The maximum absolute atomic E-state index is 5.66. The number of rotatable bonds is 6. The van der Waals surface area contributed by atoms with E-state index in [1.165, 1.54) is 0 Å². The second-order valence-electron chi connectivity index (χ2n) is 4.62. The summed E-state index contributed by atoms with van der Waals surface area (Å²) in [5.74, 6) is 1.23. The summed E-state index contributed by atoms with van der Waals surface area (Å²) >= 11 is 0. The Bertz CT molecular complexity index is 421. The molecule has 0 atom stereocenters. The molecule has 7 heteroatoms. The average Bonchev–Trinajstić information content (AvgIpc) is 2.48. The number of methoxy groups -OCH3 is 1. The Hall–Kier alpha value is -1.63. The quantitative estimate of drug-likeness (QED) is 0.843. The molecule has 0 unspecified atom stereocenters. The fourth-order valence-corrected chi connectivity index (χ4v) is 2.27. The molecule has 2 heterocycles. The minimum Gasteiger partial charge on any atom is -0.467 e. The summed E-state index contributed by atoms with van der Waals surface area (Å²) in [5, 5.41) is 3.10. The number of hydrogen-bond acceptors (Lipinski definition) is 7. The smallest absolute Gasteiger partial charge is 0.322 e. The first kappa shape index (κ1) is 14.8. The summed E-state index contributed by atoms with van der Waals surface area (Å²) < 4.78 is 10.8. The first-order valence-corrected chi connectivity index (χ1v) is 7.17. The molecule has 1 aliphatic heterocycles. The van der Waals surface area contributed by atoms with Crippen LogP contribution in [0.5, 0.6) is 6.01 Å². The van der Waals surface area contributed by atoms with E-state index in [4.69, 9.17) is 9.47 Å². The van der Waals surface area contributed by atoms with Crippen molar-refractivity contribution < 1.29 is 9.47 Å². The van der Waals surface area contributed by atoms with Gasteiger partial charge >= 0.3 is 6.01 Å². The topological polar surface area (TPSA) is 72.4 Å². The molecule has 2 rings (SSSR count). The van der Waals surface area contributed by atoms with Crippen LogP contribution in [0.2, 0.25) is 0 Å². The van der Waals surface area contributed by atoms with E-state index in [2.05, 4.69) is 25.2 Å². The Kier molecular flexibility index (Phi) is 5.34. The van der Waals surface area contributed by atoms with Crippen LogP contribution < -0.4 is 15.0 Å². The highest BCUT2D eigenvalue weighted by Gasteiger charge is 2.22. The van der Waals surface area contributed by atoms with Gasteiger partial charge in [-0.15, -0.1) is 0 Å². The molecule has 1 saturated heterocycles. The summed E-state index contributed by atoms with van der Waals surface area (Å²) in [6.45, 7) is 7.36. The number of piperidine rings is 1. The molecule has 112 valence electrons. The molecule has 0 amide bonds. The van der Waals surface area contributed by atoms with Gasteiger partial charge in [0.1, 0.15) is 0 Å². The van der Waals surface area contributed by atoms with Crippen LogP contribution in [0.25, 0.3) is 0 Å². The molecule has 0 saturated carbocycles. The van der Waals surface area contributed by atoms with Crippen molar-refractivity contribution in [3.05, 3.63) is 0 Å². The third-order valence-corrected chi connectivity index (χ3v) is 3.25. The second kappa shape index (κ2) is 7.23. The van der Waals surface area contributed by atoms with Gasteiger partial charge in [0.2, 0.25) is 11.9 Å². The summed E-state index contributed by atoms with van der Waals surface area (Å²) in [6, 6.07) is 0.345. The van der Waals surface area contributed by atoms with E-state index in [9.17, 15) is 0 Å². The Morgan fingerprint density at radius 3 is 2.55 bits per heavy atom. The standard InChI is InChI=1S/C13H23N5O2/c1-4-14-11-15-12(17-13(16-11)19-3)18-8-6-10(7-9-18)20-5-2/h10H,4-9H2,1-3H3,(H,14,15,16,17). The normalized spacial score (nSPS) is 16.2. The van der Waals surface area contributed by atoms with Gasteiger partial charge < -0.3 is 19.7 Å². The number of nitrogens with zero attached hydrogens (tertiary/aromatic N) is 4. The maximum Gasteiger partial charge on any atom is 0.322 e.